The van der Waals surface area contributed by atoms with Gasteiger partial charge in [0, 0.05) is 39.8 Å². The Hall–Kier alpha value is -1.39. The molecule has 78 valence electrons. The summed E-state index contributed by atoms with van der Waals surface area (Å²) in [6.45, 7) is 4.19. The molecular formula is C9H14N2O3. The van der Waals surface area contributed by atoms with Gasteiger partial charge in [0.05, 0.1) is 5.71 Å². The van der Waals surface area contributed by atoms with E-state index in [1.807, 2.05) is 0 Å². The second-order valence-electron chi connectivity index (χ2n) is 3.25. The molecule has 0 N–H and O–H groups in total. The van der Waals surface area contributed by atoms with Gasteiger partial charge in [0.1, 0.15) is 0 Å². The average Bonchev–Trinajstić information content (AvgIpc) is 2.15. The van der Waals surface area contributed by atoms with Crippen molar-refractivity contribution in [1.82, 2.24) is 4.90 Å². The second-order valence-corrected chi connectivity index (χ2v) is 3.25. The highest BCUT2D eigenvalue weighted by Crippen LogP contribution is 2.07. The SMILES string of the molecule is CC(=O)ON=C1CCN(C(C)=O)CC1. The Balaban J connectivity index is 2.39. The lowest BCUT2D eigenvalue weighted by atomic mass is 10.1. The molecule has 1 amide bonds. The van der Waals surface area contributed by atoms with Crippen LogP contribution in [0.1, 0.15) is 26.7 Å². The summed E-state index contributed by atoms with van der Waals surface area (Å²) in [7, 11) is 0. The standard InChI is InChI=1S/C9H14N2O3/c1-7(12)11-5-3-9(4-6-11)10-14-8(2)13/h3-6H2,1-2H3. The average molecular weight is 198 g/mol. The molecule has 5 nitrogen and oxygen atoms in total. The number of carbonyl (C=O) groups excluding carboxylic acids is 2. The Morgan fingerprint density at radius 3 is 2.29 bits per heavy atom. The number of likely N-dealkylation sites (tertiary alicyclic amines) is 1. The molecule has 1 saturated heterocycles. The van der Waals surface area contributed by atoms with E-state index in [9.17, 15) is 9.59 Å². The van der Waals surface area contributed by atoms with Gasteiger partial charge in [-0.3, -0.25) is 4.79 Å². The van der Waals surface area contributed by atoms with E-state index >= 15 is 0 Å². The highest BCUT2D eigenvalue weighted by atomic mass is 16.7. The molecule has 0 aliphatic carbocycles. The van der Waals surface area contributed by atoms with Gasteiger partial charge in [0.15, 0.2) is 0 Å². The fraction of sp³-hybridized carbons (Fsp3) is 0.667. The largest absolute Gasteiger partial charge is 0.342 e. The minimum absolute atomic E-state index is 0.0801. The first-order valence-electron chi connectivity index (χ1n) is 4.58. The lowest BCUT2D eigenvalue weighted by Gasteiger charge is -2.25. The fourth-order valence-electron chi connectivity index (χ4n) is 1.30. The molecule has 1 heterocycles. The smallest absolute Gasteiger partial charge is 0.331 e. The van der Waals surface area contributed by atoms with Gasteiger partial charge < -0.3 is 9.74 Å². The molecule has 0 spiro atoms. The number of carbonyl (C=O) groups is 2. The lowest BCUT2D eigenvalue weighted by molar-refractivity contribution is -0.141. The summed E-state index contributed by atoms with van der Waals surface area (Å²) in [5.74, 6) is -0.331. The van der Waals surface area contributed by atoms with Crippen LogP contribution in [-0.4, -0.2) is 35.6 Å². The highest BCUT2D eigenvalue weighted by Gasteiger charge is 2.17. The predicted octanol–water partition coefficient (Wildman–Crippen LogP) is 0.548. The number of amides is 1. The first-order chi connectivity index (χ1) is 6.59. The Morgan fingerprint density at radius 1 is 1.29 bits per heavy atom. The van der Waals surface area contributed by atoms with E-state index in [1.54, 1.807) is 11.8 Å². The number of hydrogen-bond acceptors (Lipinski definition) is 4. The molecule has 5 heteroatoms. The summed E-state index contributed by atoms with van der Waals surface area (Å²) in [6, 6.07) is 0. The molecule has 0 unspecified atom stereocenters. The van der Waals surface area contributed by atoms with Crippen LogP contribution in [0.4, 0.5) is 0 Å². The van der Waals surface area contributed by atoms with E-state index < -0.39 is 5.97 Å². The van der Waals surface area contributed by atoms with Crippen LogP contribution in [0.5, 0.6) is 0 Å². The van der Waals surface area contributed by atoms with Crippen molar-refractivity contribution in [2.24, 2.45) is 5.16 Å². The van der Waals surface area contributed by atoms with Crippen molar-refractivity contribution in [1.29, 1.82) is 0 Å². The molecule has 1 rings (SSSR count). The second kappa shape index (κ2) is 4.74. The Bertz CT molecular complexity index is 263. The molecule has 1 aliphatic rings. The Morgan fingerprint density at radius 2 is 1.86 bits per heavy atom. The number of nitrogens with zero attached hydrogens (tertiary/aromatic N) is 2. The molecule has 0 aromatic rings. The predicted molar refractivity (Wildman–Crippen MR) is 50.7 cm³/mol. The fourth-order valence-corrected chi connectivity index (χ4v) is 1.30. The monoisotopic (exact) mass is 198 g/mol. The van der Waals surface area contributed by atoms with Crippen LogP contribution >= 0.6 is 0 Å². The zero-order valence-corrected chi connectivity index (χ0v) is 8.45. The molecule has 0 bridgehead atoms. The lowest BCUT2D eigenvalue weighted by Crippen LogP contribution is -2.37. The molecule has 0 radical (unpaired) electrons. The maximum Gasteiger partial charge on any atom is 0.331 e. The van der Waals surface area contributed by atoms with Crippen molar-refractivity contribution in [3.8, 4) is 0 Å². The summed E-state index contributed by atoms with van der Waals surface area (Å²) in [4.78, 5) is 27.7. The third-order valence-corrected chi connectivity index (χ3v) is 2.09. The first-order valence-corrected chi connectivity index (χ1v) is 4.58. The molecule has 1 aliphatic heterocycles. The molecule has 1 fully saturated rings. The number of hydrogen-bond donors (Lipinski definition) is 0. The van der Waals surface area contributed by atoms with Gasteiger partial charge in [-0.2, -0.15) is 0 Å². The van der Waals surface area contributed by atoms with Crippen LogP contribution in [0.25, 0.3) is 0 Å². The summed E-state index contributed by atoms with van der Waals surface area (Å²) in [6.07, 6.45) is 1.37. The quantitative estimate of drug-likeness (QED) is 0.456. The van der Waals surface area contributed by atoms with Crippen molar-refractivity contribution >= 4 is 17.6 Å². The van der Waals surface area contributed by atoms with Crippen LogP contribution in [0.2, 0.25) is 0 Å². The van der Waals surface area contributed by atoms with Gasteiger partial charge in [-0.25, -0.2) is 4.79 Å². The highest BCUT2D eigenvalue weighted by molar-refractivity contribution is 5.87. The van der Waals surface area contributed by atoms with Crippen molar-refractivity contribution < 1.29 is 14.4 Å². The van der Waals surface area contributed by atoms with Crippen LogP contribution in [0, 0.1) is 0 Å². The van der Waals surface area contributed by atoms with Gasteiger partial charge >= 0.3 is 5.97 Å². The van der Waals surface area contributed by atoms with Gasteiger partial charge in [-0.15, -0.1) is 0 Å². The van der Waals surface area contributed by atoms with Crippen LogP contribution < -0.4 is 0 Å². The third-order valence-electron chi connectivity index (χ3n) is 2.09. The van der Waals surface area contributed by atoms with Crippen molar-refractivity contribution in [2.45, 2.75) is 26.7 Å². The zero-order valence-electron chi connectivity index (χ0n) is 8.45. The zero-order chi connectivity index (χ0) is 10.6. The first kappa shape index (κ1) is 10.7. The molecule has 0 aromatic heterocycles. The molecule has 0 aromatic carbocycles. The van der Waals surface area contributed by atoms with E-state index in [0.717, 1.165) is 5.71 Å². The summed E-state index contributed by atoms with van der Waals surface area (Å²) >= 11 is 0. The van der Waals surface area contributed by atoms with Gasteiger partial charge in [-0.1, -0.05) is 5.16 Å². The van der Waals surface area contributed by atoms with Crippen LogP contribution in [-0.2, 0) is 14.4 Å². The molecular weight excluding hydrogens is 184 g/mol. The van der Waals surface area contributed by atoms with Crippen molar-refractivity contribution in [2.75, 3.05) is 13.1 Å². The summed E-state index contributed by atoms with van der Waals surface area (Å²) in [5, 5.41) is 3.71. The van der Waals surface area contributed by atoms with Crippen LogP contribution in [0.15, 0.2) is 5.16 Å². The topological polar surface area (TPSA) is 59.0 Å². The van der Waals surface area contributed by atoms with Gasteiger partial charge in [-0.05, 0) is 0 Å². The maximum absolute atomic E-state index is 11.0. The molecule has 0 atom stereocenters. The Kier molecular flexibility index (Phi) is 3.62. The van der Waals surface area contributed by atoms with Gasteiger partial charge in [0.2, 0.25) is 5.91 Å². The van der Waals surface area contributed by atoms with E-state index in [2.05, 4.69) is 9.99 Å². The van der Waals surface area contributed by atoms with E-state index in [-0.39, 0.29) is 5.91 Å². The van der Waals surface area contributed by atoms with E-state index in [4.69, 9.17) is 0 Å². The minimum atomic E-state index is -0.411. The summed E-state index contributed by atoms with van der Waals surface area (Å²) in [5.41, 5.74) is 0.845. The number of piperidine rings is 1. The third kappa shape index (κ3) is 3.16. The molecule has 0 saturated carbocycles. The number of oxime groups is 1. The normalized spacial score (nSPS) is 16.4. The maximum atomic E-state index is 11.0. The van der Waals surface area contributed by atoms with Gasteiger partial charge in [0.25, 0.3) is 0 Å². The number of rotatable bonds is 1. The van der Waals surface area contributed by atoms with E-state index in [0.29, 0.717) is 25.9 Å². The molecule has 14 heavy (non-hydrogen) atoms. The summed E-state index contributed by atoms with van der Waals surface area (Å²) < 4.78 is 0. The van der Waals surface area contributed by atoms with E-state index in [1.165, 1.54) is 6.92 Å². The van der Waals surface area contributed by atoms with Crippen molar-refractivity contribution in [3.05, 3.63) is 0 Å². The minimum Gasteiger partial charge on any atom is -0.342 e. The Labute approximate surface area is 82.7 Å². The van der Waals surface area contributed by atoms with Crippen molar-refractivity contribution in [3.63, 3.8) is 0 Å². The van der Waals surface area contributed by atoms with Crippen LogP contribution in [0.3, 0.4) is 0 Å².